The molecule has 3 saturated carbocycles. The molecule has 0 spiro atoms. The summed E-state index contributed by atoms with van der Waals surface area (Å²) in [6, 6.07) is 1.18. The maximum absolute atomic E-state index is 12.0. The summed E-state index contributed by atoms with van der Waals surface area (Å²) in [6.07, 6.45) is 21.3. The van der Waals surface area contributed by atoms with E-state index in [1.165, 1.54) is 96.4 Å². The third kappa shape index (κ3) is 4.73. The van der Waals surface area contributed by atoms with Crippen LogP contribution >= 0.6 is 0 Å². The van der Waals surface area contributed by atoms with Crippen molar-refractivity contribution >= 4 is 5.91 Å². The van der Waals surface area contributed by atoms with Gasteiger partial charge in [-0.05, 0) is 86.5 Å². The van der Waals surface area contributed by atoms with Crippen molar-refractivity contribution < 1.29 is 4.79 Å². The molecule has 4 fully saturated rings. The smallest absolute Gasteiger partial charge is 0.220 e. The van der Waals surface area contributed by atoms with E-state index in [0.29, 0.717) is 22.8 Å². The first-order valence-corrected chi connectivity index (χ1v) is 14.0. The second-order valence-corrected chi connectivity index (χ2v) is 12.2. The number of rotatable bonds is 10. The van der Waals surface area contributed by atoms with E-state index in [0.717, 1.165) is 36.6 Å². The van der Waals surface area contributed by atoms with Crippen molar-refractivity contribution in [3.05, 3.63) is 0 Å². The molecule has 1 saturated heterocycles. The molecular formula is C28H50N2O. The Hall–Kier alpha value is -0.570. The van der Waals surface area contributed by atoms with Crippen molar-refractivity contribution in [2.45, 2.75) is 136 Å². The minimum atomic E-state index is 0.299. The van der Waals surface area contributed by atoms with Crippen LogP contribution in [0.1, 0.15) is 124 Å². The van der Waals surface area contributed by atoms with Crippen LogP contribution in [-0.4, -0.2) is 24.5 Å². The number of amides is 1. The Bertz CT molecular complexity index is 606. The van der Waals surface area contributed by atoms with E-state index in [1.807, 2.05) is 0 Å². The normalized spacial score (nSPS) is 41.9. The standard InChI is InChI=1S/C28H50N2O/c1-4-5-6-7-8-9-10-11-20-29-24-15-13-22-21-12-14-25-28(3,19-17-26(31)30-25)23(21)16-18-27(22,24)2/h21-25,29H,4-20H2,1-3H3,(H,30,31)/t21-,22-,23-,24-,25+,27-,28+/m0/s1. The second-order valence-electron chi connectivity index (χ2n) is 12.2. The van der Waals surface area contributed by atoms with Crippen molar-refractivity contribution in [2.24, 2.45) is 28.6 Å². The van der Waals surface area contributed by atoms with Crippen LogP contribution in [0.4, 0.5) is 0 Å². The number of carbonyl (C=O) groups excluding carboxylic acids is 1. The summed E-state index contributed by atoms with van der Waals surface area (Å²) >= 11 is 0. The summed E-state index contributed by atoms with van der Waals surface area (Å²) in [4.78, 5) is 12.0. The molecule has 3 heteroatoms. The van der Waals surface area contributed by atoms with Crippen molar-refractivity contribution in [3.8, 4) is 0 Å². The highest BCUT2D eigenvalue weighted by molar-refractivity contribution is 5.77. The topological polar surface area (TPSA) is 41.1 Å². The van der Waals surface area contributed by atoms with Gasteiger partial charge < -0.3 is 10.6 Å². The first-order chi connectivity index (χ1) is 15.0. The molecule has 3 nitrogen and oxygen atoms in total. The molecule has 4 rings (SSSR count). The highest BCUT2D eigenvalue weighted by atomic mass is 16.1. The van der Waals surface area contributed by atoms with Gasteiger partial charge >= 0.3 is 0 Å². The lowest BCUT2D eigenvalue weighted by Crippen LogP contribution is -2.61. The molecule has 1 aliphatic heterocycles. The molecule has 0 bridgehead atoms. The molecule has 0 aromatic heterocycles. The van der Waals surface area contributed by atoms with Crippen LogP contribution in [0.5, 0.6) is 0 Å². The van der Waals surface area contributed by atoms with E-state index in [2.05, 4.69) is 31.4 Å². The minimum Gasteiger partial charge on any atom is -0.353 e. The van der Waals surface area contributed by atoms with Gasteiger partial charge in [-0.2, -0.15) is 0 Å². The highest BCUT2D eigenvalue weighted by Crippen LogP contribution is 2.63. The van der Waals surface area contributed by atoms with E-state index in [4.69, 9.17) is 0 Å². The van der Waals surface area contributed by atoms with Gasteiger partial charge in [-0.15, -0.1) is 0 Å². The first-order valence-electron chi connectivity index (χ1n) is 14.0. The van der Waals surface area contributed by atoms with Crippen LogP contribution in [-0.2, 0) is 4.79 Å². The summed E-state index contributed by atoms with van der Waals surface area (Å²) in [7, 11) is 0. The fourth-order valence-corrected chi connectivity index (χ4v) is 8.57. The molecule has 1 heterocycles. The van der Waals surface area contributed by atoms with Gasteiger partial charge in [0, 0.05) is 18.5 Å². The molecule has 3 aliphatic carbocycles. The van der Waals surface area contributed by atoms with Gasteiger partial charge in [0.05, 0.1) is 0 Å². The molecule has 0 radical (unpaired) electrons. The van der Waals surface area contributed by atoms with Gasteiger partial charge in [-0.3, -0.25) is 4.79 Å². The third-order valence-corrected chi connectivity index (χ3v) is 10.5. The Morgan fingerprint density at radius 3 is 2.32 bits per heavy atom. The third-order valence-electron chi connectivity index (χ3n) is 10.5. The molecule has 0 aromatic carbocycles. The van der Waals surface area contributed by atoms with Crippen LogP contribution in [0.2, 0.25) is 0 Å². The summed E-state index contributed by atoms with van der Waals surface area (Å²) in [5, 5.41) is 7.42. The number of piperidine rings is 1. The van der Waals surface area contributed by atoms with E-state index in [1.54, 1.807) is 0 Å². The van der Waals surface area contributed by atoms with E-state index in [-0.39, 0.29) is 0 Å². The van der Waals surface area contributed by atoms with Gasteiger partial charge in [0.1, 0.15) is 0 Å². The molecule has 4 aliphatic rings. The molecule has 0 unspecified atom stereocenters. The van der Waals surface area contributed by atoms with E-state index in [9.17, 15) is 4.79 Å². The average molecular weight is 431 g/mol. The SMILES string of the molecule is CCCCCCCCCCN[C@H]1CC[C@H]2[C@@H]3CC[C@H]4NC(=O)CC[C@]4(C)[C@H]3CC[C@]12C. The Labute approximate surface area is 192 Å². The van der Waals surface area contributed by atoms with Crippen LogP contribution in [0.25, 0.3) is 0 Å². The Kier molecular flexibility index (Phi) is 7.72. The Morgan fingerprint density at radius 2 is 1.55 bits per heavy atom. The quantitative estimate of drug-likeness (QED) is 0.383. The monoisotopic (exact) mass is 430 g/mol. The van der Waals surface area contributed by atoms with Crippen LogP contribution in [0, 0.1) is 28.6 Å². The molecule has 7 atom stereocenters. The van der Waals surface area contributed by atoms with Crippen LogP contribution in [0.15, 0.2) is 0 Å². The molecule has 0 aromatic rings. The Morgan fingerprint density at radius 1 is 0.839 bits per heavy atom. The fourth-order valence-electron chi connectivity index (χ4n) is 8.57. The molecule has 178 valence electrons. The highest BCUT2D eigenvalue weighted by Gasteiger charge is 2.60. The lowest BCUT2D eigenvalue weighted by Gasteiger charge is -2.60. The van der Waals surface area contributed by atoms with Crippen molar-refractivity contribution in [1.29, 1.82) is 0 Å². The summed E-state index contributed by atoms with van der Waals surface area (Å²) < 4.78 is 0. The van der Waals surface area contributed by atoms with Gasteiger partial charge in [-0.25, -0.2) is 0 Å². The number of hydrogen-bond donors (Lipinski definition) is 2. The van der Waals surface area contributed by atoms with E-state index < -0.39 is 0 Å². The fraction of sp³-hybridized carbons (Fsp3) is 0.964. The van der Waals surface area contributed by atoms with Gasteiger partial charge in [0.2, 0.25) is 5.91 Å². The average Bonchev–Trinajstić information content (AvgIpc) is 3.09. The molecule has 1 amide bonds. The maximum atomic E-state index is 12.0. The predicted molar refractivity (Wildman–Crippen MR) is 130 cm³/mol. The van der Waals surface area contributed by atoms with E-state index >= 15 is 0 Å². The van der Waals surface area contributed by atoms with Crippen molar-refractivity contribution in [1.82, 2.24) is 10.6 Å². The summed E-state index contributed by atoms with van der Waals surface area (Å²) in [5.41, 5.74) is 0.850. The zero-order valence-electron chi connectivity index (χ0n) is 20.8. The number of unbranched alkanes of at least 4 members (excludes halogenated alkanes) is 7. The van der Waals surface area contributed by atoms with Crippen LogP contribution < -0.4 is 10.6 Å². The first kappa shape index (κ1) is 23.6. The number of fused-ring (bicyclic) bond motifs is 5. The van der Waals surface area contributed by atoms with Gasteiger partial charge in [0.15, 0.2) is 0 Å². The maximum Gasteiger partial charge on any atom is 0.220 e. The number of carbonyl (C=O) groups is 1. The largest absolute Gasteiger partial charge is 0.353 e. The minimum absolute atomic E-state index is 0.299. The molecular weight excluding hydrogens is 380 g/mol. The van der Waals surface area contributed by atoms with Crippen molar-refractivity contribution in [2.75, 3.05) is 6.54 Å². The Balaban J connectivity index is 1.25. The lowest BCUT2D eigenvalue weighted by atomic mass is 9.47. The second kappa shape index (κ2) is 10.1. The number of hydrogen-bond acceptors (Lipinski definition) is 2. The van der Waals surface area contributed by atoms with Crippen molar-refractivity contribution in [3.63, 3.8) is 0 Å². The van der Waals surface area contributed by atoms with Gasteiger partial charge in [-0.1, -0.05) is 65.7 Å². The van der Waals surface area contributed by atoms with Gasteiger partial charge in [0.25, 0.3) is 0 Å². The lowest BCUT2D eigenvalue weighted by molar-refractivity contribution is -0.136. The molecule has 2 N–H and O–H groups in total. The zero-order chi connectivity index (χ0) is 21.9. The number of nitrogens with one attached hydrogen (secondary N) is 2. The molecule has 31 heavy (non-hydrogen) atoms. The zero-order valence-corrected chi connectivity index (χ0v) is 20.8. The summed E-state index contributed by atoms with van der Waals surface area (Å²) in [6.45, 7) is 8.67. The summed E-state index contributed by atoms with van der Waals surface area (Å²) in [5.74, 6) is 2.92. The predicted octanol–water partition coefficient (Wildman–Crippen LogP) is 6.61. The van der Waals surface area contributed by atoms with Crippen LogP contribution in [0.3, 0.4) is 0 Å².